The zero-order valence-electron chi connectivity index (χ0n) is 14.7. The van der Waals surface area contributed by atoms with Gasteiger partial charge in [-0.05, 0) is 49.2 Å². The number of sulfonamides is 1. The fourth-order valence-electron chi connectivity index (χ4n) is 3.50. The Morgan fingerprint density at radius 3 is 2.74 bits per heavy atom. The zero-order valence-corrected chi connectivity index (χ0v) is 17.1. The molecule has 1 saturated heterocycles. The smallest absolute Gasteiger partial charge is 0.243 e. The average molecular weight is 446 g/mol. The summed E-state index contributed by atoms with van der Waals surface area (Å²) in [5, 5.41) is 5.71. The summed E-state index contributed by atoms with van der Waals surface area (Å²) in [6.07, 6.45) is 5.39. The number of nitrogens with one attached hydrogen (secondary N) is 1. The minimum atomic E-state index is -3.48. The number of hydrogen-bond acceptors (Lipinski definition) is 4. The molecular formula is C20H20BrN3O2S. The number of rotatable bonds is 4. The molecular weight excluding hydrogens is 426 g/mol. The first-order valence-corrected chi connectivity index (χ1v) is 11.1. The third-order valence-corrected chi connectivity index (χ3v) is 7.28. The number of hydrogen-bond donors (Lipinski definition) is 1. The molecule has 4 rings (SSSR count). The summed E-state index contributed by atoms with van der Waals surface area (Å²) < 4.78 is 28.4. The van der Waals surface area contributed by atoms with E-state index in [4.69, 9.17) is 0 Å². The highest BCUT2D eigenvalue weighted by molar-refractivity contribution is 9.10. The molecule has 7 heteroatoms. The summed E-state index contributed by atoms with van der Waals surface area (Å²) in [5.74, 6) is 0. The van der Waals surface area contributed by atoms with Crippen LogP contribution >= 0.6 is 15.9 Å². The second-order valence-electron chi connectivity index (χ2n) is 6.70. The van der Waals surface area contributed by atoms with Crippen molar-refractivity contribution in [2.24, 2.45) is 0 Å². The number of pyridine rings is 1. The van der Waals surface area contributed by atoms with Gasteiger partial charge in [-0.2, -0.15) is 4.31 Å². The lowest BCUT2D eigenvalue weighted by Crippen LogP contribution is -2.45. The Hall–Kier alpha value is -1.96. The lowest BCUT2D eigenvalue weighted by molar-refractivity contribution is 0.327. The monoisotopic (exact) mass is 445 g/mol. The van der Waals surface area contributed by atoms with Crippen molar-refractivity contribution in [1.82, 2.24) is 9.29 Å². The Labute approximate surface area is 167 Å². The van der Waals surface area contributed by atoms with E-state index in [1.807, 2.05) is 30.5 Å². The summed E-state index contributed by atoms with van der Waals surface area (Å²) in [5.41, 5.74) is 1.02. The maximum absolute atomic E-state index is 13.0. The van der Waals surface area contributed by atoms with Crippen LogP contribution in [0, 0.1) is 0 Å². The molecule has 27 heavy (non-hydrogen) atoms. The van der Waals surface area contributed by atoms with Crippen LogP contribution in [0.25, 0.3) is 10.8 Å². The van der Waals surface area contributed by atoms with Gasteiger partial charge in [-0.3, -0.25) is 4.98 Å². The summed E-state index contributed by atoms with van der Waals surface area (Å²) in [6, 6.07) is 14.9. The van der Waals surface area contributed by atoms with Gasteiger partial charge in [0.15, 0.2) is 0 Å². The SMILES string of the molecule is O=S(=O)(c1ccc(Br)cc1)N1CCCC(Nc2cccc3cnccc23)C1. The lowest BCUT2D eigenvalue weighted by atomic mass is 10.1. The summed E-state index contributed by atoms with van der Waals surface area (Å²) >= 11 is 3.35. The number of aromatic nitrogens is 1. The highest BCUT2D eigenvalue weighted by Crippen LogP contribution is 2.27. The standard InChI is InChI=1S/C20H20BrN3O2S/c21-16-6-8-18(9-7-16)27(25,26)24-12-2-4-17(14-24)23-20-5-1-3-15-13-22-11-10-19(15)20/h1,3,5-11,13,17,23H,2,4,12,14H2. The van der Waals surface area contributed by atoms with Gasteiger partial charge in [-0.25, -0.2) is 8.42 Å². The van der Waals surface area contributed by atoms with Crippen molar-refractivity contribution in [3.8, 4) is 0 Å². The molecule has 2 aromatic carbocycles. The molecule has 0 aliphatic carbocycles. The van der Waals surface area contributed by atoms with E-state index in [1.54, 1.807) is 34.8 Å². The molecule has 2 heterocycles. The van der Waals surface area contributed by atoms with E-state index in [9.17, 15) is 8.42 Å². The largest absolute Gasteiger partial charge is 0.380 e. The first-order valence-electron chi connectivity index (χ1n) is 8.89. The highest BCUT2D eigenvalue weighted by atomic mass is 79.9. The minimum Gasteiger partial charge on any atom is -0.380 e. The molecule has 1 fully saturated rings. The van der Waals surface area contributed by atoms with E-state index in [2.05, 4.69) is 26.2 Å². The maximum atomic E-state index is 13.0. The zero-order chi connectivity index (χ0) is 18.9. The molecule has 1 aromatic heterocycles. The van der Waals surface area contributed by atoms with E-state index in [-0.39, 0.29) is 6.04 Å². The molecule has 0 radical (unpaired) electrons. The average Bonchev–Trinajstić information content (AvgIpc) is 2.69. The lowest BCUT2D eigenvalue weighted by Gasteiger charge is -2.33. The second kappa shape index (κ2) is 7.58. The first kappa shape index (κ1) is 18.4. The molecule has 3 aromatic rings. The van der Waals surface area contributed by atoms with Crippen molar-refractivity contribution in [3.05, 3.63) is 65.4 Å². The van der Waals surface area contributed by atoms with Gasteiger partial charge in [0.1, 0.15) is 0 Å². The molecule has 1 aliphatic rings. The molecule has 0 amide bonds. The number of nitrogens with zero attached hydrogens (tertiary/aromatic N) is 2. The predicted molar refractivity (Wildman–Crippen MR) is 111 cm³/mol. The molecule has 5 nitrogen and oxygen atoms in total. The van der Waals surface area contributed by atoms with E-state index < -0.39 is 10.0 Å². The number of benzene rings is 2. The third-order valence-electron chi connectivity index (χ3n) is 4.88. The maximum Gasteiger partial charge on any atom is 0.243 e. The van der Waals surface area contributed by atoms with E-state index in [1.165, 1.54) is 0 Å². The van der Waals surface area contributed by atoms with Gasteiger partial charge in [-0.1, -0.05) is 28.1 Å². The van der Waals surface area contributed by atoms with Crippen molar-refractivity contribution in [2.45, 2.75) is 23.8 Å². The molecule has 1 N–H and O–H groups in total. The van der Waals surface area contributed by atoms with Crippen LogP contribution in [0.15, 0.2) is 70.3 Å². The quantitative estimate of drug-likeness (QED) is 0.651. The van der Waals surface area contributed by atoms with Crippen molar-refractivity contribution in [1.29, 1.82) is 0 Å². The fraction of sp³-hybridized carbons (Fsp3) is 0.250. The van der Waals surface area contributed by atoms with Gasteiger partial charge in [0.2, 0.25) is 10.0 Å². The fourth-order valence-corrected chi connectivity index (χ4v) is 5.29. The molecule has 0 spiro atoms. The second-order valence-corrected chi connectivity index (χ2v) is 9.56. The predicted octanol–water partition coefficient (Wildman–Crippen LogP) is 4.26. The van der Waals surface area contributed by atoms with Gasteiger partial charge in [0, 0.05) is 52.5 Å². The van der Waals surface area contributed by atoms with Crippen molar-refractivity contribution < 1.29 is 8.42 Å². The van der Waals surface area contributed by atoms with Crippen LogP contribution in [0.2, 0.25) is 0 Å². The Morgan fingerprint density at radius 1 is 1.11 bits per heavy atom. The number of fused-ring (bicyclic) bond motifs is 1. The van der Waals surface area contributed by atoms with Crippen LogP contribution in [0.3, 0.4) is 0 Å². The summed E-state index contributed by atoms with van der Waals surface area (Å²) in [6.45, 7) is 1.01. The Kier molecular flexibility index (Phi) is 5.16. The number of piperidine rings is 1. The normalized spacial score (nSPS) is 18.5. The summed E-state index contributed by atoms with van der Waals surface area (Å²) in [4.78, 5) is 4.50. The Balaban J connectivity index is 1.55. The van der Waals surface area contributed by atoms with Gasteiger partial charge in [-0.15, -0.1) is 0 Å². The van der Waals surface area contributed by atoms with Gasteiger partial charge < -0.3 is 5.32 Å². The topological polar surface area (TPSA) is 62.3 Å². The van der Waals surface area contributed by atoms with Gasteiger partial charge >= 0.3 is 0 Å². The Morgan fingerprint density at radius 2 is 1.93 bits per heavy atom. The molecule has 0 saturated carbocycles. The van der Waals surface area contributed by atoms with E-state index in [0.717, 1.165) is 33.8 Å². The molecule has 0 bridgehead atoms. The van der Waals surface area contributed by atoms with Crippen molar-refractivity contribution in [2.75, 3.05) is 18.4 Å². The minimum absolute atomic E-state index is 0.0720. The molecule has 1 unspecified atom stereocenters. The van der Waals surface area contributed by atoms with E-state index >= 15 is 0 Å². The van der Waals surface area contributed by atoms with Crippen LogP contribution < -0.4 is 5.32 Å². The first-order chi connectivity index (χ1) is 13.0. The Bertz CT molecular complexity index is 1050. The van der Waals surface area contributed by atoms with Crippen molar-refractivity contribution >= 4 is 42.4 Å². The van der Waals surface area contributed by atoms with Crippen LogP contribution in [0.4, 0.5) is 5.69 Å². The van der Waals surface area contributed by atoms with Crippen LogP contribution in [-0.4, -0.2) is 36.8 Å². The van der Waals surface area contributed by atoms with Crippen LogP contribution in [0.1, 0.15) is 12.8 Å². The van der Waals surface area contributed by atoms with E-state index in [0.29, 0.717) is 18.0 Å². The van der Waals surface area contributed by atoms with Gasteiger partial charge in [0.25, 0.3) is 0 Å². The van der Waals surface area contributed by atoms with Gasteiger partial charge in [0.05, 0.1) is 4.90 Å². The molecule has 1 aliphatic heterocycles. The molecule has 140 valence electrons. The third kappa shape index (κ3) is 3.85. The summed E-state index contributed by atoms with van der Waals surface area (Å²) in [7, 11) is -3.48. The van der Waals surface area contributed by atoms with Crippen LogP contribution in [-0.2, 0) is 10.0 Å². The van der Waals surface area contributed by atoms with Crippen molar-refractivity contribution in [3.63, 3.8) is 0 Å². The molecule has 1 atom stereocenters. The highest BCUT2D eigenvalue weighted by Gasteiger charge is 2.30. The number of anilines is 1. The number of halogens is 1. The van der Waals surface area contributed by atoms with Crippen LogP contribution in [0.5, 0.6) is 0 Å².